The first-order chi connectivity index (χ1) is 8.22. The normalized spacial score (nSPS) is 10.1. The quantitative estimate of drug-likeness (QED) is 0.840. The van der Waals surface area contributed by atoms with Crippen LogP contribution in [-0.4, -0.2) is 24.2 Å². The first-order valence-electron chi connectivity index (χ1n) is 4.96. The fourth-order valence-corrected chi connectivity index (χ4v) is 1.47. The highest BCUT2D eigenvalue weighted by Crippen LogP contribution is 2.23. The number of aromatic nitrogens is 2. The zero-order chi connectivity index (χ0) is 12.3. The van der Waals surface area contributed by atoms with Crippen LogP contribution in [0.3, 0.4) is 0 Å². The van der Waals surface area contributed by atoms with E-state index in [-0.39, 0.29) is 0 Å². The van der Waals surface area contributed by atoms with Gasteiger partial charge in [0.25, 0.3) is 0 Å². The number of ether oxygens (including phenoxy) is 2. The largest absolute Gasteiger partial charge is 0.481 e. The predicted octanol–water partition coefficient (Wildman–Crippen LogP) is 2.81. The van der Waals surface area contributed by atoms with E-state index in [1.807, 2.05) is 12.1 Å². The molecular weight excluding hydrogens is 240 g/mol. The molecule has 5 heteroatoms. The van der Waals surface area contributed by atoms with Crippen molar-refractivity contribution in [2.24, 2.45) is 0 Å². The summed E-state index contributed by atoms with van der Waals surface area (Å²) in [7, 11) is 3.10. The lowest BCUT2D eigenvalue weighted by atomic mass is 10.2. The molecule has 0 radical (unpaired) electrons. The van der Waals surface area contributed by atoms with Crippen molar-refractivity contribution in [1.82, 2.24) is 9.97 Å². The number of benzene rings is 1. The van der Waals surface area contributed by atoms with Crippen LogP contribution < -0.4 is 9.47 Å². The van der Waals surface area contributed by atoms with Gasteiger partial charge in [-0.3, -0.25) is 0 Å². The van der Waals surface area contributed by atoms with Crippen LogP contribution in [-0.2, 0) is 0 Å². The van der Waals surface area contributed by atoms with Crippen molar-refractivity contribution >= 4 is 11.6 Å². The highest BCUT2D eigenvalue weighted by molar-refractivity contribution is 6.30. The van der Waals surface area contributed by atoms with Crippen LogP contribution in [0.25, 0.3) is 11.4 Å². The number of halogens is 1. The first kappa shape index (κ1) is 11.7. The van der Waals surface area contributed by atoms with E-state index in [1.165, 1.54) is 0 Å². The van der Waals surface area contributed by atoms with Gasteiger partial charge in [0.15, 0.2) is 5.82 Å². The molecule has 17 heavy (non-hydrogen) atoms. The highest BCUT2D eigenvalue weighted by Gasteiger charge is 2.07. The molecule has 0 unspecified atom stereocenters. The number of rotatable bonds is 3. The molecule has 1 aromatic heterocycles. The van der Waals surface area contributed by atoms with E-state index < -0.39 is 0 Å². The second-order valence-corrected chi connectivity index (χ2v) is 3.72. The average molecular weight is 251 g/mol. The Morgan fingerprint density at radius 3 is 1.94 bits per heavy atom. The molecule has 88 valence electrons. The van der Waals surface area contributed by atoms with Crippen LogP contribution in [0, 0.1) is 0 Å². The summed E-state index contributed by atoms with van der Waals surface area (Å²) in [4.78, 5) is 8.49. The summed E-state index contributed by atoms with van der Waals surface area (Å²) in [5.74, 6) is 1.46. The molecule has 0 amide bonds. The lowest BCUT2D eigenvalue weighted by molar-refractivity contribution is 0.372. The summed E-state index contributed by atoms with van der Waals surface area (Å²) in [6.07, 6.45) is 0. The van der Waals surface area contributed by atoms with E-state index in [4.69, 9.17) is 21.1 Å². The molecule has 0 atom stereocenters. The molecule has 2 aromatic rings. The summed E-state index contributed by atoms with van der Waals surface area (Å²) in [5.41, 5.74) is 0.853. The summed E-state index contributed by atoms with van der Waals surface area (Å²) in [6.45, 7) is 0. The number of hydrogen-bond acceptors (Lipinski definition) is 4. The SMILES string of the molecule is COc1cc(OC)nc(-c2ccc(Cl)cc2)n1. The van der Waals surface area contributed by atoms with Gasteiger partial charge in [-0.1, -0.05) is 11.6 Å². The Hall–Kier alpha value is -1.81. The predicted molar refractivity (Wildman–Crippen MR) is 65.6 cm³/mol. The first-order valence-corrected chi connectivity index (χ1v) is 5.33. The molecule has 0 aliphatic carbocycles. The van der Waals surface area contributed by atoms with E-state index >= 15 is 0 Å². The van der Waals surface area contributed by atoms with Gasteiger partial charge in [-0.2, -0.15) is 9.97 Å². The maximum atomic E-state index is 5.83. The Kier molecular flexibility index (Phi) is 3.44. The van der Waals surface area contributed by atoms with Crippen molar-refractivity contribution in [2.75, 3.05) is 14.2 Å². The Balaban J connectivity index is 2.46. The molecule has 0 spiro atoms. The third kappa shape index (κ3) is 2.65. The molecule has 0 aliphatic heterocycles. The molecule has 0 fully saturated rings. The van der Waals surface area contributed by atoms with Crippen LogP contribution in [0.2, 0.25) is 5.02 Å². The van der Waals surface area contributed by atoms with Crippen LogP contribution >= 0.6 is 11.6 Å². The van der Waals surface area contributed by atoms with Gasteiger partial charge in [0, 0.05) is 10.6 Å². The fraction of sp³-hybridized carbons (Fsp3) is 0.167. The van der Waals surface area contributed by atoms with E-state index in [2.05, 4.69) is 9.97 Å². The number of methoxy groups -OCH3 is 2. The van der Waals surface area contributed by atoms with Gasteiger partial charge < -0.3 is 9.47 Å². The topological polar surface area (TPSA) is 44.2 Å². The van der Waals surface area contributed by atoms with E-state index in [1.54, 1.807) is 32.4 Å². The molecule has 1 aromatic carbocycles. The molecule has 4 nitrogen and oxygen atoms in total. The van der Waals surface area contributed by atoms with Crippen molar-refractivity contribution in [3.63, 3.8) is 0 Å². The fourth-order valence-electron chi connectivity index (χ4n) is 1.34. The summed E-state index contributed by atoms with van der Waals surface area (Å²) >= 11 is 5.83. The van der Waals surface area contributed by atoms with Gasteiger partial charge in [0.2, 0.25) is 11.8 Å². The van der Waals surface area contributed by atoms with Crippen molar-refractivity contribution in [1.29, 1.82) is 0 Å². The minimum Gasteiger partial charge on any atom is -0.481 e. The van der Waals surface area contributed by atoms with Crippen molar-refractivity contribution < 1.29 is 9.47 Å². The third-order valence-corrected chi connectivity index (χ3v) is 2.45. The summed E-state index contributed by atoms with van der Waals surface area (Å²) in [6, 6.07) is 8.88. The average Bonchev–Trinajstić information content (AvgIpc) is 2.39. The molecule has 1 heterocycles. The Labute approximate surface area is 104 Å². The van der Waals surface area contributed by atoms with Crippen LogP contribution in [0.5, 0.6) is 11.8 Å². The smallest absolute Gasteiger partial charge is 0.220 e. The Bertz CT molecular complexity index is 492. The molecule has 0 bridgehead atoms. The molecule has 0 N–H and O–H groups in total. The lowest BCUT2D eigenvalue weighted by Gasteiger charge is -2.06. The maximum absolute atomic E-state index is 5.83. The van der Waals surface area contributed by atoms with Gasteiger partial charge in [-0.25, -0.2) is 0 Å². The molecular formula is C12H11ClN2O2. The number of nitrogens with zero attached hydrogens (tertiary/aromatic N) is 2. The van der Waals surface area contributed by atoms with Gasteiger partial charge in [0.1, 0.15) is 0 Å². The van der Waals surface area contributed by atoms with E-state index in [9.17, 15) is 0 Å². The summed E-state index contributed by atoms with van der Waals surface area (Å²) < 4.78 is 10.2. The molecule has 2 rings (SSSR count). The maximum Gasteiger partial charge on any atom is 0.220 e. The minimum absolute atomic E-state index is 0.460. The second kappa shape index (κ2) is 5.01. The lowest BCUT2D eigenvalue weighted by Crippen LogP contribution is -1.96. The van der Waals surface area contributed by atoms with Crippen LogP contribution in [0.1, 0.15) is 0 Å². The van der Waals surface area contributed by atoms with Crippen LogP contribution in [0.15, 0.2) is 30.3 Å². The van der Waals surface area contributed by atoms with Crippen molar-refractivity contribution in [2.45, 2.75) is 0 Å². The van der Waals surface area contributed by atoms with Crippen LogP contribution in [0.4, 0.5) is 0 Å². The Morgan fingerprint density at radius 1 is 0.941 bits per heavy atom. The second-order valence-electron chi connectivity index (χ2n) is 3.28. The third-order valence-electron chi connectivity index (χ3n) is 2.20. The van der Waals surface area contributed by atoms with E-state index in [0.717, 1.165) is 5.56 Å². The zero-order valence-electron chi connectivity index (χ0n) is 9.48. The summed E-state index contributed by atoms with van der Waals surface area (Å²) in [5, 5.41) is 0.670. The van der Waals surface area contributed by atoms with Gasteiger partial charge in [-0.15, -0.1) is 0 Å². The van der Waals surface area contributed by atoms with Crippen molar-refractivity contribution in [3.05, 3.63) is 35.4 Å². The number of hydrogen-bond donors (Lipinski definition) is 0. The minimum atomic E-state index is 0.460. The highest BCUT2D eigenvalue weighted by atomic mass is 35.5. The van der Waals surface area contributed by atoms with Gasteiger partial charge in [-0.05, 0) is 24.3 Å². The molecule has 0 aliphatic rings. The monoisotopic (exact) mass is 250 g/mol. The Morgan fingerprint density at radius 2 is 1.47 bits per heavy atom. The van der Waals surface area contributed by atoms with E-state index in [0.29, 0.717) is 22.6 Å². The standard InChI is InChI=1S/C12H11ClN2O2/c1-16-10-7-11(17-2)15-12(14-10)8-3-5-9(13)6-4-8/h3-7H,1-2H3. The van der Waals surface area contributed by atoms with Gasteiger partial charge in [0.05, 0.1) is 20.3 Å². The molecule has 0 saturated carbocycles. The zero-order valence-corrected chi connectivity index (χ0v) is 10.2. The van der Waals surface area contributed by atoms with Gasteiger partial charge >= 0.3 is 0 Å². The molecule has 0 saturated heterocycles. The van der Waals surface area contributed by atoms with Crippen molar-refractivity contribution in [3.8, 4) is 23.1 Å².